The minimum atomic E-state index is -0.806. The number of unbranched alkanes of at least 4 members (excludes halogenated alkanes) is 5. The Labute approximate surface area is 201 Å². The number of rotatable bonds is 13. The Morgan fingerprint density at radius 3 is 2.24 bits per heavy atom. The van der Waals surface area contributed by atoms with Crippen LogP contribution in [0, 0.1) is 5.82 Å². The predicted octanol–water partition coefficient (Wildman–Crippen LogP) is 7.19. The van der Waals surface area contributed by atoms with Crippen LogP contribution in [0.5, 0.6) is 11.5 Å². The lowest BCUT2D eigenvalue weighted by atomic mass is 10.1. The smallest absolute Gasteiger partial charge is 0.346 e. The minimum absolute atomic E-state index is 0.153. The van der Waals surface area contributed by atoms with Crippen molar-refractivity contribution in [3.63, 3.8) is 0 Å². The molecule has 0 unspecified atom stereocenters. The third kappa shape index (κ3) is 7.65. The molecule has 0 aliphatic heterocycles. The van der Waals surface area contributed by atoms with E-state index in [0.29, 0.717) is 18.2 Å². The van der Waals surface area contributed by atoms with Crippen molar-refractivity contribution in [1.82, 2.24) is 9.97 Å². The second-order valence-corrected chi connectivity index (χ2v) is 8.34. The summed E-state index contributed by atoms with van der Waals surface area (Å²) in [7, 11) is 0. The average Bonchev–Trinajstić information content (AvgIpc) is 2.85. The number of esters is 1. The molecule has 0 spiro atoms. The van der Waals surface area contributed by atoms with Gasteiger partial charge < -0.3 is 9.47 Å². The van der Waals surface area contributed by atoms with Crippen LogP contribution in [0.2, 0.25) is 0 Å². The summed E-state index contributed by atoms with van der Waals surface area (Å²) in [5.74, 6) is -0.408. The number of carbonyl (C=O) groups excluding carboxylic acids is 1. The molecule has 34 heavy (non-hydrogen) atoms. The minimum Gasteiger partial charge on any atom is -0.493 e. The van der Waals surface area contributed by atoms with Crippen molar-refractivity contribution in [1.29, 1.82) is 0 Å². The summed E-state index contributed by atoms with van der Waals surface area (Å²) in [4.78, 5) is 21.0. The topological polar surface area (TPSA) is 61.3 Å². The molecule has 6 heteroatoms. The third-order valence-electron chi connectivity index (χ3n) is 5.55. The first kappa shape index (κ1) is 25.3. The Morgan fingerprint density at radius 1 is 0.853 bits per heavy atom. The lowest BCUT2D eigenvalue weighted by Crippen LogP contribution is -2.11. The Hall–Kier alpha value is -3.28. The first-order valence-electron chi connectivity index (χ1n) is 12.2. The molecule has 0 aliphatic carbocycles. The lowest BCUT2D eigenvalue weighted by Gasteiger charge is -2.09. The Kier molecular flexibility index (Phi) is 10.0. The fourth-order valence-corrected chi connectivity index (χ4v) is 3.55. The molecule has 0 atom stereocenters. The number of halogens is 1. The molecule has 1 heterocycles. The van der Waals surface area contributed by atoms with E-state index in [1.807, 2.05) is 12.1 Å². The fraction of sp³-hybridized carbons (Fsp3) is 0.393. The maximum Gasteiger partial charge on any atom is 0.346 e. The maximum atomic E-state index is 14.4. The maximum absolute atomic E-state index is 14.4. The van der Waals surface area contributed by atoms with Crippen LogP contribution in [0.25, 0.3) is 11.4 Å². The van der Waals surface area contributed by atoms with Gasteiger partial charge in [-0.15, -0.1) is 0 Å². The number of aryl methyl sites for hydroxylation is 1. The van der Waals surface area contributed by atoms with Crippen molar-refractivity contribution in [2.75, 3.05) is 6.61 Å². The molecule has 3 rings (SSSR count). The molecule has 0 aliphatic rings. The first-order valence-corrected chi connectivity index (χ1v) is 12.2. The molecular formula is C28H33FN2O3. The largest absolute Gasteiger partial charge is 0.493 e. The van der Waals surface area contributed by atoms with Crippen LogP contribution in [0.15, 0.2) is 54.9 Å². The zero-order valence-corrected chi connectivity index (χ0v) is 20.1. The third-order valence-corrected chi connectivity index (χ3v) is 5.55. The standard InChI is InChI=1S/C28H33FN2O3/c1-3-5-7-9-17-33-23-15-16-25(26(29)18-23)28(32)34-24-19-30-27(31-20-24)22-13-11-21(12-14-22)10-8-6-4-2/h11-16,18-20H,3-10,17H2,1-2H3. The van der Waals surface area contributed by atoms with Gasteiger partial charge in [-0.25, -0.2) is 19.2 Å². The Bertz CT molecular complexity index is 1040. The second kappa shape index (κ2) is 13.4. The van der Waals surface area contributed by atoms with Gasteiger partial charge in [0.25, 0.3) is 0 Å². The number of benzene rings is 2. The zero-order valence-electron chi connectivity index (χ0n) is 20.1. The van der Waals surface area contributed by atoms with Crippen LogP contribution in [-0.2, 0) is 6.42 Å². The highest BCUT2D eigenvalue weighted by Crippen LogP contribution is 2.21. The van der Waals surface area contributed by atoms with E-state index in [-0.39, 0.29) is 11.3 Å². The van der Waals surface area contributed by atoms with Crippen molar-refractivity contribution in [2.24, 2.45) is 0 Å². The average molecular weight is 465 g/mol. The van der Waals surface area contributed by atoms with Gasteiger partial charge >= 0.3 is 5.97 Å². The van der Waals surface area contributed by atoms with E-state index < -0.39 is 11.8 Å². The molecule has 0 saturated carbocycles. The summed E-state index contributed by atoms with van der Waals surface area (Å²) >= 11 is 0. The molecule has 0 N–H and O–H groups in total. The number of ether oxygens (including phenoxy) is 2. The van der Waals surface area contributed by atoms with Crippen LogP contribution in [0.1, 0.15) is 74.7 Å². The molecule has 1 aromatic heterocycles. The van der Waals surface area contributed by atoms with Crippen molar-refractivity contribution in [2.45, 2.75) is 65.2 Å². The normalized spacial score (nSPS) is 10.8. The molecule has 0 radical (unpaired) electrons. The van der Waals surface area contributed by atoms with Gasteiger partial charge in [0, 0.05) is 11.6 Å². The van der Waals surface area contributed by atoms with Crippen molar-refractivity contribution in [3.05, 3.63) is 71.8 Å². The van der Waals surface area contributed by atoms with Crippen molar-refractivity contribution >= 4 is 5.97 Å². The molecule has 0 saturated heterocycles. The van der Waals surface area contributed by atoms with E-state index in [2.05, 4.69) is 35.9 Å². The lowest BCUT2D eigenvalue weighted by molar-refractivity contribution is 0.0728. The van der Waals surface area contributed by atoms with Crippen molar-refractivity contribution in [3.8, 4) is 22.9 Å². The SMILES string of the molecule is CCCCCCOc1ccc(C(=O)Oc2cnc(-c3ccc(CCCCC)cc3)nc2)c(F)c1. The molecule has 5 nitrogen and oxygen atoms in total. The number of carbonyl (C=O) groups is 1. The summed E-state index contributed by atoms with van der Waals surface area (Å²) in [5.41, 5.74) is 2.01. The van der Waals surface area contributed by atoms with Gasteiger partial charge in [-0.2, -0.15) is 0 Å². The molecule has 0 bridgehead atoms. The summed E-state index contributed by atoms with van der Waals surface area (Å²) in [6, 6.07) is 12.3. The highest BCUT2D eigenvalue weighted by molar-refractivity contribution is 5.91. The molecule has 2 aromatic carbocycles. The van der Waals surface area contributed by atoms with Gasteiger partial charge in [-0.05, 0) is 37.0 Å². The van der Waals surface area contributed by atoms with E-state index >= 15 is 0 Å². The van der Waals surface area contributed by atoms with E-state index in [0.717, 1.165) is 37.7 Å². The number of hydrogen-bond donors (Lipinski definition) is 0. The van der Waals surface area contributed by atoms with Gasteiger partial charge in [-0.1, -0.05) is 70.2 Å². The van der Waals surface area contributed by atoms with Gasteiger partial charge in [-0.3, -0.25) is 0 Å². The van der Waals surface area contributed by atoms with E-state index in [1.165, 1.54) is 49.4 Å². The predicted molar refractivity (Wildman–Crippen MR) is 132 cm³/mol. The van der Waals surface area contributed by atoms with Crippen LogP contribution >= 0.6 is 0 Å². The van der Waals surface area contributed by atoms with Crippen molar-refractivity contribution < 1.29 is 18.7 Å². The van der Waals surface area contributed by atoms with Gasteiger partial charge in [0.15, 0.2) is 11.6 Å². The first-order chi connectivity index (χ1) is 16.6. The second-order valence-electron chi connectivity index (χ2n) is 8.34. The zero-order chi connectivity index (χ0) is 24.2. The molecule has 0 fully saturated rings. The quantitative estimate of drug-likeness (QED) is 0.198. The Balaban J connectivity index is 1.55. The highest BCUT2D eigenvalue weighted by atomic mass is 19.1. The van der Waals surface area contributed by atoms with Gasteiger partial charge in [0.2, 0.25) is 0 Å². The van der Waals surface area contributed by atoms with E-state index in [9.17, 15) is 9.18 Å². The van der Waals surface area contributed by atoms with Crippen LogP contribution < -0.4 is 9.47 Å². The fourth-order valence-electron chi connectivity index (χ4n) is 3.55. The molecule has 0 amide bonds. The number of hydrogen-bond acceptors (Lipinski definition) is 5. The van der Waals surface area contributed by atoms with Gasteiger partial charge in [0.1, 0.15) is 11.6 Å². The van der Waals surface area contributed by atoms with Crippen LogP contribution in [0.4, 0.5) is 4.39 Å². The number of nitrogens with zero attached hydrogens (tertiary/aromatic N) is 2. The monoisotopic (exact) mass is 464 g/mol. The summed E-state index contributed by atoms with van der Waals surface area (Å²) in [5, 5.41) is 0. The molecule has 180 valence electrons. The Morgan fingerprint density at radius 2 is 1.56 bits per heavy atom. The van der Waals surface area contributed by atoms with Gasteiger partial charge in [0.05, 0.1) is 24.6 Å². The van der Waals surface area contributed by atoms with E-state index in [1.54, 1.807) is 6.07 Å². The number of aromatic nitrogens is 2. The van der Waals surface area contributed by atoms with Crippen LogP contribution in [-0.4, -0.2) is 22.5 Å². The van der Waals surface area contributed by atoms with Crippen LogP contribution in [0.3, 0.4) is 0 Å². The summed E-state index contributed by atoms with van der Waals surface area (Å²) in [6.45, 7) is 4.86. The highest BCUT2D eigenvalue weighted by Gasteiger charge is 2.16. The molecule has 3 aromatic rings. The summed E-state index contributed by atoms with van der Waals surface area (Å²) in [6.07, 6.45) is 11.8. The molecular weight excluding hydrogens is 431 g/mol. The summed E-state index contributed by atoms with van der Waals surface area (Å²) < 4.78 is 25.3. The van der Waals surface area contributed by atoms with E-state index in [4.69, 9.17) is 9.47 Å².